The van der Waals surface area contributed by atoms with Crippen LogP contribution in [0.1, 0.15) is 55.4 Å². The number of aromatic nitrogens is 2. The molecule has 1 aliphatic rings. The van der Waals surface area contributed by atoms with Crippen LogP contribution in [0.2, 0.25) is 0 Å². The van der Waals surface area contributed by atoms with E-state index in [9.17, 15) is 19.5 Å². The maximum atomic E-state index is 13.1. The van der Waals surface area contributed by atoms with Gasteiger partial charge in [0, 0.05) is 24.2 Å². The summed E-state index contributed by atoms with van der Waals surface area (Å²) in [5.74, 6) is -1.08. The Hall–Kier alpha value is -2.63. The number of nitrogens with zero attached hydrogens (tertiary/aromatic N) is 2. The molecule has 0 radical (unpaired) electrons. The van der Waals surface area contributed by atoms with E-state index in [0.29, 0.717) is 5.69 Å². The first-order valence-corrected chi connectivity index (χ1v) is 9.10. The third kappa shape index (κ3) is 3.64. The van der Waals surface area contributed by atoms with E-state index in [1.807, 2.05) is 30.3 Å². The van der Waals surface area contributed by atoms with Crippen molar-refractivity contribution in [2.45, 2.75) is 57.5 Å². The minimum atomic E-state index is -1.08. The van der Waals surface area contributed by atoms with Gasteiger partial charge >= 0.3 is 11.7 Å². The Kier molecular flexibility index (Phi) is 5.40. The van der Waals surface area contributed by atoms with Crippen LogP contribution in [-0.2, 0) is 11.2 Å². The molecule has 1 fully saturated rings. The molecular weight excluding hydrogens is 332 g/mol. The van der Waals surface area contributed by atoms with E-state index in [0.717, 1.165) is 37.7 Å². The van der Waals surface area contributed by atoms with E-state index in [-0.39, 0.29) is 18.0 Å². The molecule has 1 aromatic carbocycles. The van der Waals surface area contributed by atoms with E-state index in [2.05, 4.69) is 0 Å². The predicted molar refractivity (Wildman–Crippen MR) is 98.6 cm³/mol. The van der Waals surface area contributed by atoms with Crippen LogP contribution < -0.4 is 11.2 Å². The molecule has 1 saturated carbocycles. The molecule has 3 rings (SSSR count). The predicted octanol–water partition coefficient (Wildman–Crippen LogP) is 2.69. The van der Waals surface area contributed by atoms with Crippen molar-refractivity contribution in [1.29, 1.82) is 0 Å². The van der Waals surface area contributed by atoms with Crippen LogP contribution in [0, 0.1) is 6.92 Å². The minimum Gasteiger partial charge on any atom is -0.480 e. The lowest BCUT2D eigenvalue weighted by molar-refractivity contribution is -0.141. The molecule has 0 aliphatic heterocycles. The maximum absolute atomic E-state index is 13.1. The maximum Gasteiger partial charge on any atom is 0.332 e. The lowest BCUT2D eigenvalue weighted by atomic mass is 9.95. The van der Waals surface area contributed by atoms with Crippen LogP contribution in [0.4, 0.5) is 0 Å². The molecular formula is C20H24N2O4. The van der Waals surface area contributed by atoms with Crippen molar-refractivity contribution >= 4 is 5.97 Å². The van der Waals surface area contributed by atoms with Gasteiger partial charge in [0.1, 0.15) is 6.04 Å². The molecule has 1 heterocycles. The molecule has 0 unspecified atom stereocenters. The van der Waals surface area contributed by atoms with Gasteiger partial charge in [-0.1, -0.05) is 49.6 Å². The summed E-state index contributed by atoms with van der Waals surface area (Å²) in [7, 11) is 0. The van der Waals surface area contributed by atoms with Gasteiger partial charge < -0.3 is 5.11 Å². The number of carbonyl (C=O) groups is 1. The number of hydrogen-bond donors (Lipinski definition) is 1. The molecule has 138 valence electrons. The van der Waals surface area contributed by atoms with Crippen molar-refractivity contribution in [2.24, 2.45) is 0 Å². The number of aryl methyl sites for hydroxylation is 1. The third-order valence-electron chi connectivity index (χ3n) is 5.17. The SMILES string of the molecule is Cc1cc(=O)n(C2CCCCC2)c(=O)n1[C@@H](Cc1ccccc1)C(=O)O. The lowest BCUT2D eigenvalue weighted by Crippen LogP contribution is -2.46. The second-order valence-electron chi connectivity index (χ2n) is 6.98. The Bertz CT molecular complexity index is 892. The van der Waals surface area contributed by atoms with E-state index >= 15 is 0 Å². The van der Waals surface area contributed by atoms with Gasteiger partial charge in [0.2, 0.25) is 0 Å². The van der Waals surface area contributed by atoms with Crippen LogP contribution in [0.5, 0.6) is 0 Å². The molecule has 1 atom stereocenters. The number of aliphatic carboxylic acids is 1. The quantitative estimate of drug-likeness (QED) is 0.893. The van der Waals surface area contributed by atoms with E-state index in [1.165, 1.54) is 15.2 Å². The average molecular weight is 356 g/mol. The third-order valence-corrected chi connectivity index (χ3v) is 5.17. The van der Waals surface area contributed by atoms with Crippen molar-refractivity contribution < 1.29 is 9.90 Å². The summed E-state index contributed by atoms with van der Waals surface area (Å²) < 4.78 is 2.54. The fourth-order valence-electron chi connectivity index (χ4n) is 3.86. The molecule has 6 nitrogen and oxygen atoms in total. The van der Waals surface area contributed by atoms with Crippen LogP contribution >= 0.6 is 0 Å². The fraction of sp³-hybridized carbons (Fsp3) is 0.450. The Morgan fingerprint density at radius 1 is 1.15 bits per heavy atom. The molecule has 1 aromatic heterocycles. The summed E-state index contributed by atoms with van der Waals surface area (Å²) in [4.78, 5) is 37.5. The van der Waals surface area contributed by atoms with Crippen LogP contribution in [0.25, 0.3) is 0 Å². The molecule has 1 N–H and O–H groups in total. The molecule has 26 heavy (non-hydrogen) atoms. The topological polar surface area (TPSA) is 81.3 Å². The van der Waals surface area contributed by atoms with Gasteiger partial charge in [0.05, 0.1) is 0 Å². The van der Waals surface area contributed by atoms with Crippen molar-refractivity contribution in [3.8, 4) is 0 Å². The fourth-order valence-corrected chi connectivity index (χ4v) is 3.86. The summed E-state index contributed by atoms with van der Waals surface area (Å²) in [5.41, 5.74) is 0.377. The van der Waals surface area contributed by atoms with Gasteiger partial charge in [-0.2, -0.15) is 0 Å². The Labute approximate surface area is 151 Å². The molecule has 0 spiro atoms. The second kappa shape index (κ2) is 7.72. The number of benzene rings is 1. The lowest BCUT2D eigenvalue weighted by Gasteiger charge is -2.26. The highest BCUT2D eigenvalue weighted by atomic mass is 16.4. The van der Waals surface area contributed by atoms with Crippen LogP contribution in [0.3, 0.4) is 0 Å². The first-order valence-electron chi connectivity index (χ1n) is 9.10. The minimum absolute atomic E-state index is 0.137. The van der Waals surface area contributed by atoms with Gasteiger partial charge in [0.25, 0.3) is 5.56 Å². The summed E-state index contributed by atoms with van der Waals surface area (Å²) in [6.45, 7) is 1.62. The zero-order valence-electron chi connectivity index (χ0n) is 14.9. The van der Waals surface area contributed by atoms with Crippen molar-refractivity contribution in [1.82, 2.24) is 9.13 Å². The summed E-state index contributed by atoms with van der Waals surface area (Å²) >= 11 is 0. The Morgan fingerprint density at radius 2 is 1.81 bits per heavy atom. The number of rotatable bonds is 5. The zero-order valence-corrected chi connectivity index (χ0v) is 14.9. The van der Waals surface area contributed by atoms with E-state index in [4.69, 9.17) is 0 Å². The van der Waals surface area contributed by atoms with E-state index in [1.54, 1.807) is 6.92 Å². The van der Waals surface area contributed by atoms with Crippen molar-refractivity contribution in [2.75, 3.05) is 0 Å². The molecule has 6 heteroatoms. The highest BCUT2D eigenvalue weighted by molar-refractivity contribution is 5.72. The van der Waals surface area contributed by atoms with E-state index < -0.39 is 17.7 Å². The van der Waals surface area contributed by atoms with Gasteiger partial charge in [-0.15, -0.1) is 0 Å². The largest absolute Gasteiger partial charge is 0.480 e. The van der Waals surface area contributed by atoms with Crippen molar-refractivity contribution in [3.05, 3.63) is 68.5 Å². The number of carboxylic acid groups (broad SMARTS) is 1. The van der Waals surface area contributed by atoms with Gasteiger partial charge in [-0.3, -0.25) is 13.9 Å². The molecule has 2 aromatic rings. The highest BCUT2D eigenvalue weighted by Gasteiger charge is 2.27. The number of carboxylic acids is 1. The van der Waals surface area contributed by atoms with Crippen LogP contribution in [0.15, 0.2) is 46.0 Å². The molecule has 0 saturated heterocycles. The molecule has 1 aliphatic carbocycles. The second-order valence-corrected chi connectivity index (χ2v) is 6.98. The highest BCUT2D eigenvalue weighted by Crippen LogP contribution is 2.26. The standard InChI is InChI=1S/C20H24N2O4/c1-14-12-18(23)22(16-10-6-3-7-11-16)20(26)21(14)17(19(24)25)13-15-8-4-2-5-9-15/h2,4-5,8-9,12,16-17H,3,6-7,10-11,13H2,1H3,(H,24,25)/t17-/m0/s1. The monoisotopic (exact) mass is 356 g/mol. The normalized spacial score (nSPS) is 16.3. The Morgan fingerprint density at radius 3 is 2.42 bits per heavy atom. The van der Waals surface area contributed by atoms with Crippen molar-refractivity contribution in [3.63, 3.8) is 0 Å². The Balaban J connectivity index is 2.08. The van der Waals surface area contributed by atoms with Crippen LogP contribution in [-0.4, -0.2) is 20.2 Å². The van der Waals surface area contributed by atoms with Gasteiger partial charge in [-0.25, -0.2) is 9.59 Å². The summed E-state index contributed by atoms with van der Waals surface area (Å²) in [6, 6.07) is 9.43. The summed E-state index contributed by atoms with van der Waals surface area (Å²) in [6.07, 6.45) is 4.84. The smallest absolute Gasteiger partial charge is 0.332 e. The van der Waals surface area contributed by atoms with Gasteiger partial charge in [0.15, 0.2) is 0 Å². The first kappa shape index (κ1) is 18.2. The molecule has 0 bridgehead atoms. The first-order chi connectivity index (χ1) is 12.5. The summed E-state index contributed by atoms with van der Waals surface area (Å²) in [5, 5.41) is 9.76. The number of hydrogen-bond acceptors (Lipinski definition) is 3. The molecule has 0 amide bonds. The zero-order chi connectivity index (χ0) is 18.7. The average Bonchev–Trinajstić information content (AvgIpc) is 2.62. The van der Waals surface area contributed by atoms with Gasteiger partial charge in [-0.05, 0) is 25.3 Å².